The molecule has 1 aromatic carbocycles. The van der Waals surface area contributed by atoms with Crippen molar-refractivity contribution in [1.82, 2.24) is 0 Å². The highest BCUT2D eigenvalue weighted by Gasteiger charge is 2.47. The number of hydrogen-bond acceptors (Lipinski definition) is 0. The maximum atomic E-state index is 13.2. The first-order valence-electron chi connectivity index (χ1n) is 4.36. The van der Waals surface area contributed by atoms with Crippen LogP contribution in [0.25, 0.3) is 0 Å². The Morgan fingerprint density at radius 1 is 1.33 bits per heavy atom. The summed E-state index contributed by atoms with van der Waals surface area (Å²) >= 11 is 0. The standard InChI is InChI=1S/C11H13F/c1-11(2)7-9(11)8-5-3-4-6-10(8)12/h3-6,9H,7H2,1-2H3. The summed E-state index contributed by atoms with van der Waals surface area (Å²) in [7, 11) is 0. The van der Waals surface area contributed by atoms with Crippen molar-refractivity contribution in [2.45, 2.75) is 26.2 Å². The Bertz CT molecular complexity index is 302. The Labute approximate surface area is 72.4 Å². The highest BCUT2D eigenvalue weighted by Crippen LogP contribution is 2.58. The van der Waals surface area contributed by atoms with Crippen LogP contribution < -0.4 is 0 Å². The van der Waals surface area contributed by atoms with Crippen molar-refractivity contribution in [3.8, 4) is 0 Å². The fourth-order valence-corrected chi connectivity index (χ4v) is 1.76. The first-order valence-corrected chi connectivity index (χ1v) is 4.36. The average molecular weight is 164 g/mol. The van der Waals surface area contributed by atoms with Gasteiger partial charge in [0.25, 0.3) is 0 Å². The summed E-state index contributed by atoms with van der Waals surface area (Å²) < 4.78 is 13.2. The minimum absolute atomic E-state index is 0.0481. The minimum Gasteiger partial charge on any atom is -0.207 e. The predicted molar refractivity (Wildman–Crippen MR) is 47.5 cm³/mol. The largest absolute Gasteiger partial charge is 0.207 e. The van der Waals surface area contributed by atoms with Crippen LogP contribution in [0.4, 0.5) is 4.39 Å². The molecular weight excluding hydrogens is 151 g/mol. The number of benzene rings is 1. The highest BCUT2D eigenvalue weighted by molar-refractivity contribution is 5.29. The first-order chi connectivity index (χ1) is 5.61. The topological polar surface area (TPSA) is 0 Å². The summed E-state index contributed by atoms with van der Waals surface area (Å²) in [4.78, 5) is 0. The monoisotopic (exact) mass is 164 g/mol. The summed E-state index contributed by atoms with van der Waals surface area (Å²) in [5.74, 6) is 0.395. The van der Waals surface area contributed by atoms with Crippen molar-refractivity contribution in [3.05, 3.63) is 35.6 Å². The van der Waals surface area contributed by atoms with Gasteiger partial charge in [-0.05, 0) is 29.4 Å². The second-order valence-electron chi connectivity index (χ2n) is 4.27. The van der Waals surface area contributed by atoms with Crippen LogP contribution >= 0.6 is 0 Å². The van der Waals surface area contributed by atoms with Gasteiger partial charge in [-0.15, -0.1) is 0 Å². The summed E-state index contributed by atoms with van der Waals surface area (Å²) in [5, 5.41) is 0. The van der Waals surface area contributed by atoms with Crippen LogP contribution in [-0.2, 0) is 0 Å². The van der Waals surface area contributed by atoms with Gasteiger partial charge in [0.2, 0.25) is 0 Å². The van der Waals surface area contributed by atoms with Crippen LogP contribution in [-0.4, -0.2) is 0 Å². The van der Waals surface area contributed by atoms with E-state index in [-0.39, 0.29) is 5.82 Å². The summed E-state index contributed by atoms with van der Waals surface area (Å²) in [6, 6.07) is 7.10. The van der Waals surface area contributed by atoms with Crippen molar-refractivity contribution in [2.24, 2.45) is 5.41 Å². The van der Waals surface area contributed by atoms with Gasteiger partial charge in [-0.1, -0.05) is 32.0 Å². The molecule has 1 aliphatic carbocycles. The maximum absolute atomic E-state index is 13.2. The second-order valence-corrected chi connectivity index (χ2v) is 4.27. The maximum Gasteiger partial charge on any atom is 0.126 e. The van der Waals surface area contributed by atoms with E-state index in [4.69, 9.17) is 0 Å². The van der Waals surface area contributed by atoms with Crippen LogP contribution in [0, 0.1) is 11.2 Å². The highest BCUT2D eigenvalue weighted by atomic mass is 19.1. The molecule has 0 bridgehead atoms. The molecule has 0 nitrogen and oxygen atoms in total. The number of halogens is 1. The van der Waals surface area contributed by atoms with Gasteiger partial charge < -0.3 is 0 Å². The smallest absolute Gasteiger partial charge is 0.126 e. The summed E-state index contributed by atoms with van der Waals surface area (Å²) in [6.45, 7) is 4.37. The lowest BCUT2D eigenvalue weighted by molar-refractivity contribution is 0.577. The molecule has 2 rings (SSSR count). The van der Waals surface area contributed by atoms with E-state index in [1.807, 2.05) is 12.1 Å². The van der Waals surface area contributed by atoms with Gasteiger partial charge >= 0.3 is 0 Å². The molecule has 0 saturated heterocycles. The van der Waals surface area contributed by atoms with E-state index < -0.39 is 0 Å². The molecule has 0 amide bonds. The Morgan fingerprint density at radius 2 is 1.92 bits per heavy atom. The lowest BCUT2D eigenvalue weighted by atomic mass is 10.0. The fourth-order valence-electron chi connectivity index (χ4n) is 1.76. The molecule has 64 valence electrons. The zero-order chi connectivity index (χ0) is 8.77. The quantitative estimate of drug-likeness (QED) is 0.597. The van der Waals surface area contributed by atoms with Crippen molar-refractivity contribution in [3.63, 3.8) is 0 Å². The molecule has 12 heavy (non-hydrogen) atoms. The van der Waals surface area contributed by atoms with Crippen LogP contribution in [0.3, 0.4) is 0 Å². The fraction of sp³-hybridized carbons (Fsp3) is 0.455. The van der Waals surface area contributed by atoms with Crippen molar-refractivity contribution in [2.75, 3.05) is 0 Å². The van der Waals surface area contributed by atoms with Gasteiger partial charge in [0.15, 0.2) is 0 Å². The average Bonchev–Trinajstić information content (AvgIpc) is 2.61. The Balaban J connectivity index is 2.31. The lowest BCUT2D eigenvalue weighted by Gasteiger charge is -2.03. The van der Waals surface area contributed by atoms with E-state index in [9.17, 15) is 4.39 Å². The van der Waals surface area contributed by atoms with Gasteiger partial charge in [-0.25, -0.2) is 4.39 Å². The lowest BCUT2D eigenvalue weighted by Crippen LogP contribution is -1.92. The van der Waals surface area contributed by atoms with E-state index in [0.717, 1.165) is 12.0 Å². The molecule has 1 aliphatic rings. The predicted octanol–water partition coefficient (Wildman–Crippen LogP) is 3.34. The van der Waals surface area contributed by atoms with Crippen LogP contribution in [0.5, 0.6) is 0 Å². The Hall–Kier alpha value is -0.850. The van der Waals surface area contributed by atoms with Gasteiger partial charge in [0, 0.05) is 0 Å². The molecular formula is C11H13F. The van der Waals surface area contributed by atoms with Crippen molar-refractivity contribution in [1.29, 1.82) is 0 Å². The minimum atomic E-state index is -0.0481. The third-order valence-corrected chi connectivity index (χ3v) is 2.79. The van der Waals surface area contributed by atoms with E-state index in [1.165, 1.54) is 0 Å². The van der Waals surface area contributed by atoms with Gasteiger partial charge in [-0.3, -0.25) is 0 Å². The molecule has 1 saturated carbocycles. The third kappa shape index (κ3) is 1.13. The molecule has 0 spiro atoms. The Morgan fingerprint density at radius 3 is 2.42 bits per heavy atom. The van der Waals surface area contributed by atoms with Crippen molar-refractivity contribution >= 4 is 0 Å². The molecule has 0 aromatic heterocycles. The zero-order valence-corrected chi connectivity index (χ0v) is 7.47. The second kappa shape index (κ2) is 2.32. The summed E-state index contributed by atoms with van der Waals surface area (Å²) in [6.07, 6.45) is 1.12. The first kappa shape index (κ1) is 7.78. The van der Waals surface area contributed by atoms with Crippen molar-refractivity contribution < 1.29 is 4.39 Å². The van der Waals surface area contributed by atoms with E-state index in [0.29, 0.717) is 11.3 Å². The Kier molecular flexibility index (Phi) is 1.50. The molecule has 0 N–H and O–H groups in total. The van der Waals surface area contributed by atoms with Crippen LogP contribution in [0.2, 0.25) is 0 Å². The number of rotatable bonds is 1. The van der Waals surface area contributed by atoms with Crippen LogP contribution in [0.15, 0.2) is 24.3 Å². The third-order valence-electron chi connectivity index (χ3n) is 2.79. The zero-order valence-electron chi connectivity index (χ0n) is 7.47. The molecule has 1 aromatic rings. The molecule has 0 heterocycles. The van der Waals surface area contributed by atoms with Gasteiger partial charge in [0.05, 0.1) is 0 Å². The van der Waals surface area contributed by atoms with Gasteiger partial charge in [0.1, 0.15) is 5.82 Å². The number of hydrogen-bond donors (Lipinski definition) is 0. The normalized spacial score (nSPS) is 25.4. The van der Waals surface area contributed by atoms with E-state index >= 15 is 0 Å². The molecule has 1 fully saturated rings. The van der Waals surface area contributed by atoms with E-state index in [1.54, 1.807) is 12.1 Å². The van der Waals surface area contributed by atoms with Gasteiger partial charge in [-0.2, -0.15) is 0 Å². The molecule has 1 unspecified atom stereocenters. The van der Waals surface area contributed by atoms with Crippen LogP contribution in [0.1, 0.15) is 31.7 Å². The molecule has 0 aliphatic heterocycles. The molecule has 0 radical (unpaired) electrons. The molecule has 1 atom stereocenters. The summed E-state index contributed by atoms with van der Waals surface area (Å²) in [5.41, 5.74) is 1.21. The SMILES string of the molecule is CC1(C)CC1c1ccccc1F. The van der Waals surface area contributed by atoms with E-state index in [2.05, 4.69) is 13.8 Å². The molecule has 1 heteroatoms.